The zero-order valence-corrected chi connectivity index (χ0v) is 26.5. The molecule has 0 aliphatic carbocycles. The fraction of sp³-hybridized carbons (Fsp3) is 0.618. The number of benzene rings is 1. The molecule has 0 saturated carbocycles. The number of nitrogens with zero attached hydrogens (tertiary/aromatic N) is 4. The Morgan fingerprint density at radius 3 is 2.44 bits per heavy atom. The summed E-state index contributed by atoms with van der Waals surface area (Å²) in [6.07, 6.45) is 7.61. The fourth-order valence-electron chi connectivity index (χ4n) is 7.70. The van der Waals surface area contributed by atoms with Crippen LogP contribution in [0, 0.1) is 17.8 Å². The second-order valence-corrected chi connectivity index (χ2v) is 12.7. The average molecular weight is 623 g/mol. The number of ether oxygens (including phenoxy) is 3. The van der Waals surface area contributed by atoms with Crippen LogP contribution in [0.5, 0.6) is 5.75 Å². The van der Waals surface area contributed by atoms with E-state index in [2.05, 4.69) is 4.90 Å². The zero-order chi connectivity index (χ0) is 31.7. The molecule has 1 aromatic carbocycles. The van der Waals surface area contributed by atoms with Crippen molar-refractivity contribution in [1.82, 2.24) is 14.7 Å². The molecule has 6 rings (SSSR count). The van der Waals surface area contributed by atoms with Crippen LogP contribution in [-0.2, 0) is 23.9 Å². The number of anilines is 1. The summed E-state index contributed by atoms with van der Waals surface area (Å²) in [6, 6.07) is 5.78. The van der Waals surface area contributed by atoms with Gasteiger partial charge in [0.1, 0.15) is 17.4 Å². The summed E-state index contributed by atoms with van der Waals surface area (Å²) in [4.78, 5) is 51.1. The lowest BCUT2D eigenvalue weighted by atomic mass is 9.77. The maximum absolute atomic E-state index is 14.7. The summed E-state index contributed by atoms with van der Waals surface area (Å²) < 4.78 is 17.9. The van der Waals surface area contributed by atoms with E-state index in [4.69, 9.17) is 14.2 Å². The molecule has 1 spiro atoms. The molecule has 0 radical (unpaired) electrons. The van der Waals surface area contributed by atoms with Gasteiger partial charge < -0.3 is 34.0 Å². The number of aliphatic hydroxyl groups is 1. The van der Waals surface area contributed by atoms with Crippen molar-refractivity contribution in [3.05, 3.63) is 48.6 Å². The van der Waals surface area contributed by atoms with E-state index in [-0.39, 0.29) is 30.2 Å². The Morgan fingerprint density at radius 2 is 1.76 bits per heavy atom. The third kappa shape index (κ3) is 5.58. The predicted molar refractivity (Wildman–Crippen MR) is 168 cm³/mol. The lowest BCUT2D eigenvalue weighted by Gasteiger charge is -2.40. The number of carbonyl (C=O) groups excluding carboxylic acids is 3. The van der Waals surface area contributed by atoms with E-state index in [1.165, 1.54) is 0 Å². The Morgan fingerprint density at radius 1 is 1.00 bits per heavy atom. The van der Waals surface area contributed by atoms with Gasteiger partial charge in [0.2, 0.25) is 17.7 Å². The van der Waals surface area contributed by atoms with E-state index in [9.17, 15) is 19.5 Å². The van der Waals surface area contributed by atoms with Crippen molar-refractivity contribution < 1.29 is 33.7 Å². The van der Waals surface area contributed by atoms with Crippen molar-refractivity contribution in [2.24, 2.45) is 17.8 Å². The standard InChI is InChI=1S/C34H46N4O7/c1-4-23(3)26(22-39)38-30-33(42)36(17-16-35-18-20-43-21-19-35)14-7-13-34(30)29(32(38)41)28-27(45-34)8-6-15-37(31(28)40)24-9-11-25(12-10-24)44-5-2/h6-13,23,26-30,39H,4-5,14-22H2,1-3H3/t23-,26-,27+,28-,29-,30?,34-/m0/s1. The highest BCUT2D eigenvalue weighted by atomic mass is 16.5. The van der Waals surface area contributed by atoms with E-state index in [1.807, 2.05) is 69.3 Å². The number of amides is 3. The Hall–Kier alpha value is -3.25. The SMILES string of the molecule is CCOc1ccc(N2CC=C[C@H]3O[C@]45C=CCN(CCN6CCOCC6)C(=O)C4N([C@@H](CO)[C@@H](C)CC)C(=O)[C@@H]5[C@H]3C2=O)cc1. The number of rotatable bonds is 10. The van der Waals surface area contributed by atoms with Crippen LogP contribution in [0.25, 0.3) is 0 Å². The number of morpholine rings is 1. The van der Waals surface area contributed by atoms with Gasteiger partial charge in [-0.1, -0.05) is 44.6 Å². The van der Waals surface area contributed by atoms with E-state index in [1.54, 1.807) is 14.7 Å². The Bertz CT molecular complexity index is 1310. The van der Waals surface area contributed by atoms with Crippen LogP contribution in [0.4, 0.5) is 5.69 Å². The number of fused-ring (bicyclic) bond motifs is 2. The molecule has 1 unspecified atom stereocenters. The molecule has 3 saturated heterocycles. The monoisotopic (exact) mass is 622 g/mol. The summed E-state index contributed by atoms with van der Waals surface area (Å²) in [5.74, 6) is -1.84. The van der Waals surface area contributed by atoms with Gasteiger partial charge in [0.05, 0.1) is 50.4 Å². The molecule has 1 N–H and O–H groups in total. The highest BCUT2D eigenvalue weighted by Crippen LogP contribution is 2.54. The van der Waals surface area contributed by atoms with Crippen molar-refractivity contribution in [1.29, 1.82) is 0 Å². The molecule has 5 aliphatic rings. The van der Waals surface area contributed by atoms with Gasteiger partial charge in [-0.25, -0.2) is 0 Å². The van der Waals surface area contributed by atoms with Crippen LogP contribution in [0.15, 0.2) is 48.6 Å². The molecule has 45 heavy (non-hydrogen) atoms. The molecule has 11 nitrogen and oxygen atoms in total. The number of aliphatic hydroxyl groups excluding tert-OH is 1. The highest BCUT2D eigenvalue weighted by molar-refractivity contribution is 6.04. The topological polar surface area (TPSA) is 112 Å². The minimum atomic E-state index is -1.33. The zero-order valence-electron chi connectivity index (χ0n) is 26.5. The average Bonchev–Trinajstić information content (AvgIpc) is 3.37. The van der Waals surface area contributed by atoms with Crippen LogP contribution < -0.4 is 9.64 Å². The van der Waals surface area contributed by atoms with E-state index in [0.717, 1.165) is 13.1 Å². The molecule has 1 aromatic rings. The second-order valence-electron chi connectivity index (χ2n) is 12.7. The first-order valence-corrected chi connectivity index (χ1v) is 16.4. The van der Waals surface area contributed by atoms with Crippen molar-refractivity contribution >= 4 is 23.4 Å². The Balaban J connectivity index is 1.36. The van der Waals surface area contributed by atoms with Crippen molar-refractivity contribution in [3.8, 4) is 5.75 Å². The third-order valence-electron chi connectivity index (χ3n) is 10.3. The lowest BCUT2D eigenvalue weighted by Crippen LogP contribution is -2.59. The van der Waals surface area contributed by atoms with Crippen LogP contribution in [0.1, 0.15) is 27.2 Å². The Labute approximate surface area is 265 Å². The maximum atomic E-state index is 14.7. The van der Waals surface area contributed by atoms with E-state index in [0.29, 0.717) is 63.9 Å². The second kappa shape index (κ2) is 13.2. The molecular weight excluding hydrogens is 576 g/mol. The molecule has 244 valence electrons. The van der Waals surface area contributed by atoms with Crippen molar-refractivity contribution in [3.63, 3.8) is 0 Å². The van der Waals surface area contributed by atoms with Gasteiger partial charge in [-0.2, -0.15) is 0 Å². The van der Waals surface area contributed by atoms with Crippen LogP contribution >= 0.6 is 0 Å². The van der Waals surface area contributed by atoms with Gasteiger partial charge in [-0.3, -0.25) is 19.3 Å². The first-order valence-electron chi connectivity index (χ1n) is 16.4. The predicted octanol–water partition coefficient (Wildman–Crippen LogP) is 1.71. The van der Waals surface area contributed by atoms with Gasteiger partial charge in [0.15, 0.2) is 0 Å². The van der Waals surface area contributed by atoms with E-state index < -0.39 is 35.6 Å². The maximum Gasteiger partial charge on any atom is 0.249 e. The van der Waals surface area contributed by atoms with E-state index >= 15 is 0 Å². The highest BCUT2D eigenvalue weighted by Gasteiger charge is 2.72. The summed E-state index contributed by atoms with van der Waals surface area (Å²) in [5.41, 5.74) is -0.636. The number of hydrogen-bond donors (Lipinski definition) is 1. The lowest BCUT2D eigenvalue weighted by molar-refractivity contribution is -0.151. The molecule has 3 fully saturated rings. The van der Waals surface area contributed by atoms with Gasteiger partial charge in [0.25, 0.3) is 0 Å². The summed E-state index contributed by atoms with van der Waals surface area (Å²) in [5, 5.41) is 10.6. The van der Waals surface area contributed by atoms with Crippen molar-refractivity contribution in [2.45, 2.75) is 51.0 Å². The quantitative estimate of drug-likeness (QED) is 0.393. The first kappa shape index (κ1) is 31.7. The largest absolute Gasteiger partial charge is 0.494 e. The molecule has 7 atom stereocenters. The minimum absolute atomic E-state index is 0.0717. The van der Waals surface area contributed by atoms with Crippen LogP contribution in [0.3, 0.4) is 0 Å². The Kier molecular flexibility index (Phi) is 9.33. The molecule has 5 aliphatic heterocycles. The summed E-state index contributed by atoms with van der Waals surface area (Å²) >= 11 is 0. The van der Waals surface area contributed by atoms with Gasteiger partial charge in [-0.15, -0.1) is 0 Å². The van der Waals surface area contributed by atoms with Crippen LogP contribution in [0.2, 0.25) is 0 Å². The molecule has 0 aromatic heterocycles. The molecule has 3 amide bonds. The first-order chi connectivity index (χ1) is 21.8. The molecular formula is C34H46N4O7. The smallest absolute Gasteiger partial charge is 0.249 e. The normalized spacial score (nSPS) is 31.4. The minimum Gasteiger partial charge on any atom is -0.494 e. The van der Waals surface area contributed by atoms with Gasteiger partial charge in [-0.05, 0) is 37.1 Å². The number of hydrogen-bond acceptors (Lipinski definition) is 8. The fourth-order valence-corrected chi connectivity index (χ4v) is 7.70. The third-order valence-corrected chi connectivity index (χ3v) is 10.3. The number of likely N-dealkylation sites (tertiary alicyclic amines) is 1. The molecule has 5 heterocycles. The molecule has 11 heteroatoms. The molecule has 0 bridgehead atoms. The summed E-state index contributed by atoms with van der Waals surface area (Å²) in [7, 11) is 0. The number of carbonyl (C=O) groups is 3. The van der Waals surface area contributed by atoms with Gasteiger partial charge >= 0.3 is 0 Å². The van der Waals surface area contributed by atoms with Crippen molar-refractivity contribution in [2.75, 3.05) is 70.6 Å². The summed E-state index contributed by atoms with van der Waals surface area (Å²) in [6.45, 7) is 11.0. The van der Waals surface area contributed by atoms with Crippen LogP contribution in [-0.4, -0.2) is 127 Å². The van der Waals surface area contributed by atoms with Gasteiger partial charge in [0, 0.05) is 45.0 Å².